The Bertz CT molecular complexity index is 1010. The van der Waals surface area contributed by atoms with E-state index in [1.165, 1.54) is 12.1 Å². The Kier molecular flexibility index (Phi) is 6.57. The van der Waals surface area contributed by atoms with Gasteiger partial charge in [-0.2, -0.15) is 0 Å². The molecule has 0 amide bonds. The van der Waals surface area contributed by atoms with Gasteiger partial charge in [0.15, 0.2) is 19.7 Å². The molecule has 9 heteroatoms. The molecule has 0 saturated heterocycles. The smallest absolute Gasteiger partial charge is 0.186 e. The van der Waals surface area contributed by atoms with Crippen molar-refractivity contribution < 1.29 is 21.6 Å². The lowest BCUT2D eigenvalue weighted by Gasteiger charge is -2.14. The van der Waals surface area contributed by atoms with Crippen LogP contribution in [0.3, 0.4) is 0 Å². The molecule has 2 aromatic carbocycles. The molecule has 0 aliphatic carbocycles. The summed E-state index contributed by atoms with van der Waals surface area (Å²) in [6.45, 7) is 0.935. The van der Waals surface area contributed by atoms with Crippen LogP contribution in [0.25, 0.3) is 0 Å². The number of hydrogen-bond acceptors (Lipinski definition) is 6. The van der Waals surface area contributed by atoms with Crippen LogP contribution in [0.15, 0.2) is 58.3 Å². The SMILES string of the molecule is CN(C)CCOc1cccc2c1S(=O)(=O)CC2S(=O)(=O)c1ccccc1.Cl. The normalized spacial score (nSPS) is 18.0. The predicted molar refractivity (Wildman–Crippen MR) is 106 cm³/mol. The van der Waals surface area contributed by atoms with Gasteiger partial charge in [-0.25, -0.2) is 16.8 Å². The number of benzene rings is 2. The molecule has 0 spiro atoms. The van der Waals surface area contributed by atoms with E-state index in [4.69, 9.17) is 4.74 Å². The first-order chi connectivity index (χ1) is 12.2. The molecule has 148 valence electrons. The highest BCUT2D eigenvalue weighted by Crippen LogP contribution is 2.44. The van der Waals surface area contributed by atoms with Crippen molar-refractivity contribution in [1.82, 2.24) is 4.90 Å². The number of fused-ring (bicyclic) bond motifs is 1. The Hall–Kier alpha value is -1.61. The summed E-state index contributed by atoms with van der Waals surface area (Å²) in [5.41, 5.74) is 0.288. The molecular weight excluding hydrogens is 410 g/mol. The van der Waals surface area contributed by atoms with Gasteiger partial charge in [0.05, 0.1) is 10.6 Å². The van der Waals surface area contributed by atoms with Gasteiger partial charge in [0.1, 0.15) is 22.5 Å². The lowest BCUT2D eigenvalue weighted by atomic mass is 10.1. The molecule has 0 N–H and O–H groups in total. The van der Waals surface area contributed by atoms with Crippen molar-refractivity contribution in [3.05, 3.63) is 54.1 Å². The summed E-state index contributed by atoms with van der Waals surface area (Å²) in [5, 5.41) is -1.12. The average Bonchev–Trinajstić information content (AvgIpc) is 2.88. The van der Waals surface area contributed by atoms with Crippen molar-refractivity contribution >= 4 is 32.1 Å². The van der Waals surface area contributed by atoms with Gasteiger partial charge in [0, 0.05) is 6.54 Å². The molecule has 27 heavy (non-hydrogen) atoms. The van der Waals surface area contributed by atoms with Gasteiger partial charge in [-0.15, -0.1) is 12.4 Å². The first-order valence-corrected chi connectivity index (χ1v) is 11.4. The highest BCUT2D eigenvalue weighted by Gasteiger charge is 2.44. The van der Waals surface area contributed by atoms with E-state index in [-0.39, 0.29) is 33.5 Å². The number of nitrogens with zero attached hydrogens (tertiary/aromatic N) is 1. The van der Waals surface area contributed by atoms with Crippen molar-refractivity contribution in [2.24, 2.45) is 0 Å². The van der Waals surface area contributed by atoms with Crippen LogP contribution in [-0.4, -0.2) is 54.7 Å². The second kappa shape index (κ2) is 8.18. The number of likely N-dealkylation sites (N-methyl/N-ethyl adjacent to an activating group) is 1. The van der Waals surface area contributed by atoms with Crippen molar-refractivity contribution in [3.63, 3.8) is 0 Å². The van der Waals surface area contributed by atoms with Crippen LogP contribution >= 0.6 is 12.4 Å². The summed E-state index contributed by atoms with van der Waals surface area (Å²) in [5.74, 6) is -0.247. The summed E-state index contributed by atoms with van der Waals surface area (Å²) in [4.78, 5) is 2.04. The minimum Gasteiger partial charge on any atom is -0.491 e. The number of ether oxygens (including phenoxy) is 1. The molecule has 0 aromatic heterocycles. The Morgan fingerprint density at radius 2 is 1.74 bits per heavy atom. The zero-order chi connectivity index (χ0) is 18.9. The molecule has 0 saturated carbocycles. The van der Waals surface area contributed by atoms with Crippen molar-refractivity contribution in [1.29, 1.82) is 0 Å². The van der Waals surface area contributed by atoms with Gasteiger partial charge in [0.25, 0.3) is 0 Å². The molecule has 0 radical (unpaired) electrons. The first-order valence-electron chi connectivity index (χ1n) is 8.15. The molecule has 1 aliphatic rings. The maximum atomic E-state index is 13.0. The van der Waals surface area contributed by atoms with Gasteiger partial charge in [-0.3, -0.25) is 0 Å². The van der Waals surface area contributed by atoms with E-state index in [9.17, 15) is 16.8 Å². The fraction of sp³-hybridized carbons (Fsp3) is 0.333. The third kappa shape index (κ3) is 4.29. The molecule has 0 bridgehead atoms. The zero-order valence-electron chi connectivity index (χ0n) is 15.0. The number of rotatable bonds is 6. The van der Waals surface area contributed by atoms with Crippen LogP contribution < -0.4 is 4.74 Å². The lowest BCUT2D eigenvalue weighted by Crippen LogP contribution is -2.20. The van der Waals surface area contributed by atoms with Gasteiger partial charge < -0.3 is 9.64 Å². The third-order valence-electron chi connectivity index (χ3n) is 4.28. The van der Waals surface area contributed by atoms with Crippen molar-refractivity contribution in [3.8, 4) is 5.75 Å². The van der Waals surface area contributed by atoms with E-state index in [1.807, 2.05) is 19.0 Å². The topological polar surface area (TPSA) is 80.8 Å². The van der Waals surface area contributed by atoms with E-state index >= 15 is 0 Å². The average molecular weight is 432 g/mol. The number of sulfone groups is 2. The Labute approximate surface area is 166 Å². The standard InChI is InChI=1S/C18H21NO5S2.ClH/c1-19(2)11-12-24-16-10-6-9-15-17(13-25(20,21)18(15)16)26(22,23)14-7-4-3-5-8-14;/h3-10,17H,11-13H2,1-2H3;1H. The minimum atomic E-state index is -3.82. The molecule has 2 aromatic rings. The van der Waals surface area contributed by atoms with Crippen LogP contribution in [0, 0.1) is 0 Å². The predicted octanol–water partition coefficient (Wildman–Crippen LogP) is 2.35. The maximum absolute atomic E-state index is 13.0. The first kappa shape index (κ1) is 21.7. The summed E-state index contributed by atoms with van der Waals surface area (Å²) in [7, 11) is -3.79. The fourth-order valence-corrected chi connectivity index (χ4v) is 7.45. The number of halogens is 1. The maximum Gasteiger partial charge on any atom is 0.186 e. The largest absolute Gasteiger partial charge is 0.491 e. The lowest BCUT2D eigenvalue weighted by molar-refractivity contribution is 0.256. The Balaban J connectivity index is 0.00000261. The van der Waals surface area contributed by atoms with Crippen LogP contribution in [-0.2, 0) is 19.7 Å². The fourth-order valence-electron chi connectivity index (χ4n) is 2.97. The molecule has 1 aliphatic heterocycles. The molecular formula is C18H22ClNO5S2. The minimum absolute atomic E-state index is 0. The second-order valence-electron chi connectivity index (χ2n) is 6.45. The molecule has 1 heterocycles. The molecule has 1 unspecified atom stereocenters. The second-order valence-corrected chi connectivity index (χ2v) is 10.6. The van der Waals surface area contributed by atoms with Crippen LogP contribution in [0.1, 0.15) is 10.8 Å². The monoisotopic (exact) mass is 431 g/mol. The Morgan fingerprint density at radius 3 is 2.37 bits per heavy atom. The van der Waals surface area contributed by atoms with Gasteiger partial charge >= 0.3 is 0 Å². The highest BCUT2D eigenvalue weighted by atomic mass is 35.5. The van der Waals surface area contributed by atoms with Crippen LogP contribution in [0.4, 0.5) is 0 Å². The zero-order valence-corrected chi connectivity index (χ0v) is 17.5. The summed E-state index contributed by atoms with van der Waals surface area (Å²) in [6.07, 6.45) is 0. The molecule has 1 atom stereocenters. The van der Waals surface area contributed by atoms with Crippen LogP contribution in [0.5, 0.6) is 5.75 Å². The van der Waals surface area contributed by atoms with E-state index < -0.39 is 30.7 Å². The molecule has 0 fully saturated rings. The van der Waals surface area contributed by atoms with E-state index in [0.29, 0.717) is 13.2 Å². The number of hydrogen-bond donors (Lipinski definition) is 0. The van der Waals surface area contributed by atoms with Gasteiger partial charge in [-0.1, -0.05) is 30.3 Å². The van der Waals surface area contributed by atoms with E-state index in [1.54, 1.807) is 36.4 Å². The highest BCUT2D eigenvalue weighted by molar-refractivity contribution is 7.96. The van der Waals surface area contributed by atoms with E-state index in [0.717, 1.165) is 0 Å². The molecule has 6 nitrogen and oxygen atoms in total. The third-order valence-corrected chi connectivity index (χ3v) is 8.42. The van der Waals surface area contributed by atoms with Crippen LogP contribution in [0.2, 0.25) is 0 Å². The van der Waals surface area contributed by atoms with E-state index in [2.05, 4.69) is 0 Å². The van der Waals surface area contributed by atoms with Gasteiger partial charge in [-0.05, 0) is 37.9 Å². The van der Waals surface area contributed by atoms with Crippen molar-refractivity contribution in [2.75, 3.05) is 33.0 Å². The summed E-state index contributed by atoms with van der Waals surface area (Å²) in [6, 6.07) is 12.7. The quantitative estimate of drug-likeness (QED) is 0.698. The van der Waals surface area contributed by atoms with Gasteiger partial charge in [0.2, 0.25) is 0 Å². The summed E-state index contributed by atoms with van der Waals surface area (Å²) < 4.78 is 57.0. The Morgan fingerprint density at radius 1 is 1.07 bits per heavy atom. The summed E-state index contributed by atoms with van der Waals surface area (Å²) >= 11 is 0. The van der Waals surface area contributed by atoms with Crippen molar-refractivity contribution in [2.45, 2.75) is 15.0 Å². The molecule has 3 rings (SSSR count).